The lowest BCUT2D eigenvalue weighted by Crippen LogP contribution is -2.43. The van der Waals surface area contributed by atoms with Gasteiger partial charge in [0.25, 0.3) is 0 Å². The summed E-state index contributed by atoms with van der Waals surface area (Å²) in [6, 6.07) is 7.05. The number of rotatable bonds is 3. The summed E-state index contributed by atoms with van der Waals surface area (Å²) in [6.07, 6.45) is 1.25. The van der Waals surface area contributed by atoms with Gasteiger partial charge >= 0.3 is 0 Å². The van der Waals surface area contributed by atoms with E-state index in [1.165, 1.54) is 24.2 Å². The van der Waals surface area contributed by atoms with Crippen molar-refractivity contribution in [2.24, 2.45) is 0 Å². The molecule has 0 amide bonds. The zero-order chi connectivity index (χ0) is 12.4. The van der Waals surface area contributed by atoms with Crippen molar-refractivity contribution >= 4 is 5.69 Å². The summed E-state index contributed by atoms with van der Waals surface area (Å²) in [7, 11) is 0. The Morgan fingerprint density at radius 1 is 1.11 bits per heavy atom. The molecule has 0 atom stereocenters. The molecular formula is C15H23N3. The van der Waals surface area contributed by atoms with E-state index in [1.54, 1.807) is 5.56 Å². The minimum Gasteiger partial charge on any atom is -0.369 e. The van der Waals surface area contributed by atoms with Crippen LogP contribution in [0, 0.1) is 0 Å². The van der Waals surface area contributed by atoms with Gasteiger partial charge in [0, 0.05) is 45.0 Å². The van der Waals surface area contributed by atoms with Crippen LogP contribution in [0.5, 0.6) is 0 Å². The first-order valence-corrected chi connectivity index (χ1v) is 7.16. The average Bonchev–Trinajstić information content (AvgIpc) is 2.81. The Labute approximate surface area is 110 Å². The summed E-state index contributed by atoms with van der Waals surface area (Å²) in [5, 5.41) is 3.41. The van der Waals surface area contributed by atoms with Gasteiger partial charge in [0.05, 0.1) is 0 Å². The molecule has 18 heavy (non-hydrogen) atoms. The maximum atomic E-state index is 3.41. The SMILES string of the molecule is CCCN1Cc2ccc(N3CCNCC3)cc2C1. The zero-order valence-electron chi connectivity index (χ0n) is 11.3. The highest BCUT2D eigenvalue weighted by atomic mass is 15.2. The van der Waals surface area contributed by atoms with Crippen LogP contribution in [0.4, 0.5) is 5.69 Å². The minimum absolute atomic E-state index is 1.11. The normalized spacial score (nSPS) is 20.2. The van der Waals surface area contributed by atoms with Gasteiger partial charge in [0.2, 0.25) is 0 Å². The molecule has 1 aromatic carbocycles. The highest BCUT2D eigenvalue weighted by molar-refractivity contribution is 5.52. The van der Waals surface area contributed by atoms with Crippen molar-refractivity contribution in [3.05, 3.63) is 29.3 Å². The first-order chi connectivity index (χ1) is 8.86. The van der Waals surface area contributed by atoms with Crippen LogP contribution < -0.4 is 10.2 Å². The predicted molar refractivity (Wildman–Crippen MR) is 75.9 cm³/mol. The summed E-state index contributed by atoms with van der Waals surface area (Å²) in [5.41, 5.74) is 4.48. The standard InChI is InChI=1S/C15H23N3/c1-2-7-17-11-13-3-4-15(10-14(13)12-17)18-8-5-16-6-9-18/h3-4,10,16H,2,5-9,11-12H2,1H3. The van der Waals surface area contributed by atoms with Gasteiger partial charge < -0.3 is 10.2 Å². The number of anilines is 1. The monoisotopic (exact) mass is 245 g/mol. The summed E-state index contributed by atoms with van der Waals surface area (Å²) in [6.45, 7) is 10.3. The molecule has 0 aliphatic carbocycles. The van der Waals surface area contributed by atoms with Crippen molar-refractivity contribution in [2.45, 2.75) is 26.4 Å². The molecule has 2 aliphatic rings. The van der Waals surface area contributed by atoms with Gasteiger partial charge in [-0.05, 0) is 36.2 Å². The fourth-order valence-electron chi connectivity index (χ4n) is 3.05. The van der Waals surface area contributed by atoms with Gasteiger partial charge in [-0.3, -0.25) is 4.90 Å². The second kappa shape index (κ2) is 5.29. The molecule has 98 valence electrons. The van der Waals surface area contributed by atoms with E-state index in [0.29, 0.717) is 0 Å². The smallest absolute Gasteiger partial charge is 0.0370 e. The first-order valence-electron chi connectivity index (χ1n) is 7.16. The zero-order valence-corrected chi connectivity index (χ0v) is 11.3. The molecule has 0 aromatic heterocycles. The molecule has 0 unspecified atom stereocenters. The van der Waals surface area contributed by atoms with Crippen LogP contribution in [0.25, 0.3) is 0 Å². The number of hydrogen-bond donors (Lipinski definition) is 1. The molecule has 0 radical (unpaired) electrons. The number of hydrogen-bond acceptors (Lipinski definition) is 3. The van der Waals surface area contributed by atoms with Crippen LogP contribution in [0.1, 0.15) is 24.5 Å². The molecule has 3 rings (SSSR count). The van der Waals surface area contributed by atoms with E-state index in [4.69, 9.17) is 0 Å². The number of benzene rings is 1. The number of piperazine rings is 1. The van der Waals surface area contributed by atoms with Crippen LogP contribution in [0.15, 0.2) is 18.2 Å². The third kappa shape index (κ3) is 2.38. The predicted octanol–water partition coefficient (Wildman–Crippen LogP) is 1.82. The topological polar surface area (TPSA) is 18.5 Å². The van der Waals surface area contributed by atoms with E-state index < -0.39 is 0 Å². The Kier molecular flexibility index (Phi) is 3.52. The van der Waals surface area contributed by atoms with Gasteiger partial charge in [-0.1, -0.05) is 13.0 Å². The molecule has 2 heterocycles. The van der Waals surface area contributed by atoms with Crippen LogP contribution in [0.2, 0.25) is 0 Å². The lowest BCUT2D eigenvalue weighted by molar-refractivity contribution is 0.285. The van der Waals surface area contributed by atoms with Gasteiger partial charge in [0.1, 0.15) is 0 Å². The first kappa shape index (κ1) is 12.0. The molecule has 3 heteroatoms. The third-order valence-electron chi connectivity index (χ3n) is 4.00. The largest absolute Gasteiger partial charge is 0.369 e. The molecule has 2 aliphatic heterocycles. The molecule has 0 bridgehead atoms. The second-order valence-corrected chi connectivity index (χ2v) is 5.40. The Balaban J connectivity index is 1.74. The van der Waals surface area contributed by atoms with E-state index in [1.807, 2.05) is 0 Å². The molecule has 3 nitrogen and oxygen atoms in total. The van der Waals surface area contributed by atoms with Crippen LogP contribution in [0.3, 0.4) is 0 Å². The van der Waals surface area contributed by atoms with Gasteiger partial charge in [-0.25, -0.2) is 0 Å². The highest BCUT2D eigenvalue weighted by Gasteiger charge is 2.19. The Morgan fingerprint density at radius 3 is 2.67 bits per heavy atom. The maximum absolute atomic E-state index is 3.41. The van der Waals surface area contributed by atoms with Crippen LogP contribution >= 0.6 is 0 Å². The van der Waals surface area contributed by atoms with Gasteiger partial charge in [-0.15, -0.1) is 0 Å². The summed E-state index contributed by atoms with van der Waals surface area (Å²) in [5.74, 6) is 0. The molecule has 0 saturated carbocycles. The van der Waals surface area contributed by atoms with E-state index >= 15 is 0 Å². The lowest BCUT2D eigenvalue weighted by Gasteiger charge is -2.29. The van der Waals surface area contributed by atoms with Crippen molar-refractivity contribution in [1.29, 1.82) is 0 Å². The molecule has 1 fully saturated rings. The Morgan fingerprint density at radius 2 is 1.89 bits per heavy atom. The number of nitrogens with one attached hydrogen (secondary N) is 1. The number of fused-ring (bicyclic) bond motifs is 1. The molecule has 1 aromatic rings. The molecule has 0 spiro atoms. The summed E-state index contributed by atoms with van der Waals surface area (Å²) < 4.78 is 0. The second-order valence-electron chi connectivity index (χ2n) is 5.40. The van der Waals surface area contributed by atoms with Crippen molar-refractivity contribution < 1.29 is 0 Å². The van der Waals surface area contributed by atoms with Gasteiger partial charge in [0.15, 0.2) is 0 Å². The van der Waals surface area contributed by atoms with E-state index in [9.17, 15) is 0 Å². The average molecular weight is 245 g/mol. The molecular weight excluding hydrogens is 222 g/mol. The number of nitrogens with zero attached hydrogens (tertiary/aromatic N) is 2. The van der Waals surface area contributed by atoms with Crippen molar-refractivity contribution in [3.8, 4) is 0 Å². The summed E-state index contributed by atoms with van der Waals surface area (Å²) in [4.78, 5) is 5.05. The van der Waals surface area contributed by atoms with Crippen molar-refractivity contribution in [2.75, 3.05) is 37.6 Å². The maximum Gasteiger partial charge on any atom is 0.0370 e. The van der Waals surface area contributed by atoms with Crippen LogP contribution in [-0.2, 0) is 13.1 Å². The fourth-order valence-corrected chi connectivity index (χ4v) is 3.05. The lowest BCUT2D eigenvalue weighted by atomic mass is 10.1. The van der Waals surface area contributed by atoms with Crippen molar-refractivity contribution in [3.63, 3.8) is 0 Å². The third-order valence-corrected chi connectivity index (χ3v) is 4.00. The van der Waals surface area contributed by atoms with Crippen molar-refractivity contribution in [1.82, 2.24) is 10.2 Å². The van der Waals surface area contributed by atoms with E-state index in [2.05, 4.69) is 40.2 Å². The van der Waals surface area contributed by atoms with Gasteiger partial charge in [-0.2, -0.15) is 0 Å². The quantitative estimate of drug-likeness (QED) is 0.876. The van der Waals surface area contributed by atoms with E-state index in [0.717, 1.165) is 39.3 Å². The summed E-state index contributed by atoms with van der Waals surface area (Å²) >= 11 is 0. The van der Waals surface area contributed by atoms with E-state index in [-0.39, 0.29) is 0 Å². The van der Waals surface area contributed by atoms with Crippen LogP contribution in [-0.4, -0.2) is 37.6 Å². The minimum atomic E-state index is 1.11. The Hall–Kier alpha value is -1.06. The molecule has 1 N–H and O–H groups in total. The fraction of sp³-hybridized carbons (Fsp3) is 0.600. The highest BCUT2D eigenvalue weighted by Crippen LogP contribution is 2.27. The Bertz CT molecular complexity index is 410. The molecule has 1 saturated heterocycles.